The van der Waals surface area contributed by atoms with Crippen LogP contribution in [-0.2, 0) is 4.74 Å². The van der Waals surface area contributed by atoms with Crippen LogP contribution in [-0.4, -0.2) is 37.0 Å². The van der Waals surface area contributed by atoms with Gasteiger partial charge in [0.15, 0.2) is 0 Å². The van der Waals surface area contributed by atoms with E-state index in [0.717, 1.165) is 10.5 Å². The zero-order chi connectivity index (χ0) is 15.8. The number of thiophene rings is 1. The minimum absolute atomic E-state index is 0.0378. The Morgan fingerprint density at radius 1 is 1.41 bits per heavy atom. The molecule has 0 spiro atoms. The summed E-state index contributed by atoms with van der Waals surface area (Å²) in [6.45, 7) is 0.583. The predicted molar refractivity (Wildman–Crippen MR) is 90.7 cm³/mol. The Kier molecular flexibility index (Phi) is 6.92. The summed E-state index contributed by atoms with van der Waals surface area (Å²) in [6, 6.07) is 9.48. The highest BCUT2D eigenvalue weighted by Gasteiger charge is 2.16. The summed E-state index contributed by atoms with van der Waals surface area (Å²) in [5.41, 5.74) is 1.68. The zero-order valence-electron chi connectivity index (χ0n) is 12.3. The van der Waals surface area contributed by atoms with E-state index < -0.39 is 0 Å². The van der Waals surface area contributed by atoms with Gasteiger partial charge in [0.25, 0.3) is 5.91 Å². The van der Waals surface area contributed by atoms with Gasteiger partial charge in [0, 0.05) is 11.4 Å². The fraction of sp³-hybridized carbons (Fsp3) is 0.312. The maximum atomic E-state index is 12.3. The Morgan fingerprint density at radius 2 is 2.23 bits per heavy atom. The van der Waals surface area contributed by atoms with Crippen molar-refractivity contribution in [1.82, 2.24) is 5.32 Å². The maximum Gasteiger partial charge on any atom is 0.252 e. The molecule has 2 N–H and O–H groups in total. The monoisotopic (exact) mass is 337 g/mol. The molecule has 0 aliphatic carbocycles. The smallest absolute Gasteiger partial charge is 0.252 e. The molecule has 1 aromatic carbocycles. The van der Waals surface area contributed by atoms with Gasteiger partial charge < -0.3 is 15.2 Å². The van der Waals surface area contributed by atoms with Gasteiger partial charge in [0.2, 0.25) is 0 Å². The van der Waals surface area contributed by atoms with Crippen molar-refractivity contribution in [1.29, 1.82) is 0 Å². The number of thioether (sulfide) groups is 1. The average molecular weight is 337 g/mol. The third kappa shape index (κ3) is 4.58. The molecule has 0 saturated heterocycles. The molecular formula is C16H19NO3S2. The van der Waals surface area contributed by atoms with Crippen LogP contribution in [0.4, 0.5) is 0 Å². The Hall–Kier alpha value is -1.34. The summed E-state index contributed by atoms with van der Waals surface area (Å²) in [5.74, 6) is -0.113. The van der Waals surface area contributed by atoms with E-state index in [-0.39, 0.29) is 25.2 Å². The molecule has 2 aromatic rings. The van der Waals surface area contributed by atoms with E-state index in [0.29, 0.717) is 12.1 Å². The predicted octanol–water partition coefficient (Wildman–Crippen LogP) is 2.95. The first-order valence-electron chi connectivity index (χ1n) is 6.92. The van der Waals surface area contributed by atoms with Gasteiger partial charge in [-0.1, -0.05) is 12.1 Å². The molecule has 0 aliphatic heterocycles. The van der Waals surface area contributed by atoms with Crippen molar-refractivity contribution in [3.05, 3.63) is 52.2 Å². The third-order valence-electron chi connectivity index (χ3n) is 3.12. The minimum Gasteiger partial charge on any atom is -0.394 e. The van der Waals surface area contributed by atoms with Gasteiger partial charge >= 0.3 is 0 Å². The highest BCUT2D eigenvalue weighted by molar-refractivity contribution is 7.98. The van der Waals surface area contributed by atoms with Crippen LogP contribution in [0, 0.1) is 0 Å². The maximum absolute atomic E-state index is 12.3. The van der Waals surface area contributed by atoms with E-state index in [1.165, 1.54) is 0 Å². The molecule has 0 unspecified atom stereocenters. The summed E-state index contributed by atoms with van der Waals surface area (Å²) in [4.78, 5) is 13.3. The number of nitrogens with one attached hydrogen (secondary N) is 1. The second-order valence-electron chi connectivity index (χ2n) is 4.55. The van der Waals surface area contributed by atoms with E-state index in [4.69, 9.17) is 9.84 Å². The molecular weight excluding hydrogens is 318 g/mol. The number of aliphatic hydroxyl groups excluding tert-OH is 1. The van der Waals surface area contributed by atoms with E-state index >= 15 is 0 Å². The van der Waals surface area contributed by atoms with Crippen molar-refractivity contribution in [2.24, 2.45) is 0 Å². The Balaban J connectivity index is 2.01. The number of benzene rings is 1. The van der Waals surface area contributed by atoms with Gasteiger partial charge in [-0.2, -0.15) is 11.3 Å². The first kappa shape index (κ1) is 17.0. The van der Waals surface area contributed by atoms with Crippen LogP contribution in [0.2, 0.25) is 0 Å². The Morgan fingerprint density at radius 3 is 2.91 bits per heavy atom. The molecule has 118 valence electrons. The van der Waals surface area contributed by atoms with Gasteiger partial charge in [0.05, 0.1) is 18.8 Å². The standard InChI is InChI=1S/C16H19NO3S2/c1-21-15-5-3-2-4-13(15)16(19)17-10-14(20-8-7-18)12-6-9-22-11-12/h2-6,9,11,14,18H,7-8,10H2,1H3,(H,17,19)/t14-/m0/s1. The number of ether oxygens (including phenoxy) is 1. The summed E-state index contributed by atoms with van der Waals surface area (Å²) in [7, 11) is 0. The van der Waals surface area contributed by atoms with Crippen molar-refractivity contribution in [3.63, 3.8) is 0 Å². The topological polar surface area (TPSA) is 58.6 Å². The first-order chi connectivity index (χ1) is 10.8. The lowest BCUT2D eigenvalue weighted by Gasteiger charge is -2.17. The number of hydrogen-bond donors (Lipinski definition) is 2. The Labute approximate surface area is 138 Å². The molecule has 0 fully saturated rings. The van der Waals surface area contributed by atoms with Crippen LogP contribution in [0.25, 0.3) is 0 Å². The number of aliphatic hydroxyl groups is 1. The van der Waals surface area contributed by atoms with Crippen LogP contribution in [0.15, 0.2) is 46.0 Å². The van der Waals surface area contributed by atoms with Crippen molar-refractivity contribution >= 4 is 29.0 Å². The Bertz CT molecular complexity index is 587. The fourth-order valence-corrected chi connectivity index (χ4v) is 3.34. The number of carbonyl (C=O) groups excluding carboxylic acids is 1. The van der Waals surface area contributed by atoms with Crippen molar-refractivity contribution in [2.75, 3.05) is 26.0 Å². The lowest BCUT2D eigenvalue weighted by Crippen LogP contribution is -2.30. The number of hydrogen-bond acceptors (Lipinski definition) is 5. The van der Waals surface area contributed by atoms with Gasteiger partial charge in [-0.3, -0.25) is 4.79 Å². The first-order valence-corrected chi connectivity index (χ1v) is 9.08. The molecule has 4 nitrogen and oxygen atoms in total. The van der Waals surface area contributed by atoms with Gasteiger partial charge in [-0.15, -0.1) is 11.8 Å². The minimum atomic E-state index is -0.246. The summed E-state index contributed by atoms with van der Waals surface area (Å²) in [5, 5.41) is 15.8. The molecule has 2 rings (SSSR count). The molecule has 1 aromatic heterocycles. The van der Waals surface area contributed by atoms with E-state index in [2.05, 4.69) is 5.32 Å². The van der Waals surface area contributed by atoms with Crippen LogP contribution >= 0.6 is 23.1 Å². The van der Waals surface area contributed by atoms with Crippen molar-refractivity contribution < 1.29 is 14.6 Å². The number of carbonyl (C=O) groups is 1. The molecule has 0 saturated carbocycles. The number of amides is 1. The summed E-state index contributed by atoms with van der Waals surface area (Å²) >= 11 is 3.13. The molecule has 6 heteroatoms. The molecule has 1 atom stereocenters. The van der Waals surface area contributed by atoms with Crippen LogP contribution < -0.4 is 5.32 Å². The largest absolute Gasteiger partial charge is 0.394 e. The van der Waals surface area contributed by atoms with E-state index in [1.807, 2.05) is 47.3 Å². The van der Waals surface area contributed by atoms with E-state index in [9.17, 15) is 4.79 Å². The van der Waals surface area contributed by atoms with Crippen molar-refractivity contribution in [2.45, 2.75) is 11.0 Å². The summed E-state index contributed by atoms with van der Waals surface area (Å²) in [6.07, 6.45) is 1.70. The van der Waals surface area contributed by atoms with Crippen LogP contribution in [0.5, 0.6) is 0 Å². The molecule has 1 amide bonds. The molecule has 0 bridgehead atoms. The normalized spacial score (nSPS) is 12.1. The average Bonchev–Trinajstić information content (AvgIpc) is 3.09. The van der Waals surface area contributed by atoms with E-state index in [1.54, 1.807) is 23.1 Å². The second-order valence-corrected chi connectivity index (χ2v) is 6.18. The molecule has 0 radical (unpaired) electrons. The zero-order valence-corrected chi connectivity index (χ0v) is 14.0. The second kappa shape index (κ2) is 8.95. The van der Waals surface area contributed by atoms with Gasteiger partial charge in [-0.25, -0.2) is 0 Å². The lowest BCUT2D eigenvalue weighted by atomic mass is 10.1. The van der Waals surface area contributed by atoms with Crippen LogP contribution in [0.1, 0.15) is 22.0 Å². The number of rotatable bonds is 8. The van der Waals surface area contributed by atoms with Gasteiger partial charge in [0.1, 0.15) is 6.10 Å². The molecule has 1 heterocycles. The van der Waals surface area contributed by atoms with Gasteiger partial charge in [-0.05, 0) is 40.8 Å². The highest BCUT2D eigenvalue weighted by Crippen LogP contribution is 2.21. The highest BCUT2D eigenvalue weighted by atomic mass is 32.2. The van der Waals surface area contributed by atoms with Crippen LogP contribution in [0.3, 0.4) is 0 Å². The summed E-state index contributed by atoms with van der Waals surface area (Å²) < 4.78 is 5.62. The molecule has 0 aliphatic rings. The van der Waals surface area contributed by atoms with Crippen molar-refractivity contribution in [3.8, 4) is 0 Å². The quantitative estimate of drug-likeness (QED) is 0.727. The lowest BCUT2D eigenvalue weighted by molar-refractivity contribution is 0.0279. The fourth-order valence-electron chi connectivity index (χ4n) is 2.04. The third-order valence-corrected chi connectivity index (χ3v) is 4.62. The molecule has 22 heavy (non-hydrogen) atoms. The SMILES string of the molecule is CSc1ccccc1C(=O)NC[C@H](OCCO)c1ccsc1.